The van der Waals surface area contributed by atoms with E-state index in [0.29, 0.717) is 28.6 Å². The summed E-state index contributed by atoms with van der Waals surface area (Å²) in [4.78, 5) is 12.8. The van der Waals surface area contributed by atoms with Crippen LogP contribution in [0.25, 0.3) is 0 Å². The van der Waals surface area contributed by atoms with Gasteiger partial charge in [0.05, 0.1) is 32.2 Å². The third kappa shape index (κ3) is 3.84. The van der Waals surface area contributed by atoms with E-state index in [0.717, 1.165) is 0 Å². The maximum atomic E-state index is 12.8. The number of methoxy groups -OCH3 is 2. The van der Waals surface area contributed by atoms with Crippen LogP contribution < -0.4 is 23.8 Å². The number of carbonyl (C=O) groups is 1. The van der Waals surface area contributed by atoms with E-state index in [4.69, 9.17) is 14.2 Å². The molecular formula is C19H22N2O6S. The van der Waals surface area contributed by atoms with Gasteiger partial charge >= 0.3 is 0 Å². The number of rotatable bonds is 6. The molecule has 0 saturated carbocycles. The molecule has 0 aliphatic carbocycles. The molecule has 3 rings (SSSR count). The van der Waals surface area contributed by atoms with E-state index in [9.17, 15) is 13.2 Å². The lowest BCUT2D eigenvalue weighted by molar-refractivity contribution is -0.122. The molecule has 0 spiro atoms. The standard InChI is InChI=1S/C19H22N2O6S/c1-4-28(23,24)21-12-18(27-15-8-6-5-7-14(15)21)19(22)20-13-9-10-16(25-2)17(11-13)26-3/h5-11,18H,4,12H2,1-3H3,(H,20,22). The summed E-state index contributed by atoms with van der Waals surface area (Å²) >= 11 is 0. The van der Waals surface area contributed by atoms with Gasteiger partial charge in [-0.25, -0.2) is 8.42 Å². The lowest BCUT2D eigenvalue weighted by Gasteiger charge is -2.34. The number of carbonyl (C=O) groups excluding carboxylic acids is 1. The van der Waals surface area contributed by atoms with Gasteiger partial charge in [-0.2, -0.15) is 0 Å². The highest BCUT2D eigenvalue weighted by atomic mass is 32.2. The Bertz CT molecular complexity index is 976. The van der Waals surface area contributed by atoms with Crippen LogP contribution >= 0.6 is 0 Å². The summed E-state index contributed by atoms with van der Waals surface area (Å²) < 4.78 is 42.4. The van der Waals surface area contributed by atoms with Crippen molar-refractivity contribution in [2.45, 2.75) is 13.0 Å². The summed E-state index contributed by atoms with van der Waals surface area (Å²) in [6.07, 6.45) is -0.996. The van der Waals surface area contributed by atoms with Crippen LogP contribution in [0.3, 0.4) is 0 Å². The lowest BCUT2D eigenvalue weighted by Crippen LogP contribution is -2.49. The number of amides is 1. The van der Waals surface area contributed by atoms with E-state index in [2.05, 4.69) is 5.32 Å². The molecule has 9 heteroatoms. The molecule has 150 valence electrons. The van der Waals surface area contributed by atoms with Gasteiger partial charge in [0.1, 0.15) is 5.75 Å². The Morgan fingerprint density at radius 3 is 2.57 bits per heavy atom. The van der Waals surface area contributed by atoms with Crippen LogP contribution in [0.2, 0.25) is 0 Å². The second-order valence-electron chi connectivity index (χ2n) is 6.06. The van der Waals surface area contributed by atoms with Gasteiger partial charge in [0, 0.05) is 11.8 Å². The van der Waals surface area contributed by atoms with Crippen molar-refractivity contribution in [2.24, 2.45) is 0 Å². The first-order valence-electron chi connectivity index (χ1n) is 8.68. The first kappa shape index (κ1) is 19.8. The first-order chi connectivity index (χ1) is 13.4. The Hall–Kier alpha value is -2.94. The molecule has 1 amide bonds. The van der Waals surface area contributed by atoms with Gasteiger partial charge in [0.25, 0.3) is 5.91 Å². The summed E-state index contributed by atoms with van der Waals surface area (Å²) in [5, 5.41) is 2.74. The number of sulfonamides is 1. The van der Waals surface area contributed by atoms with Crippen LogP contribution in [0, 0.1) is 0 Å². The molecule has 0 aromatic heterocycles. The average molecular weight is 406 g/mol. The van der Waals surface area contributed by atoms with Crippen molar-refractivity contribution in [2.75, 3.05) is 36.1 Å². The number of para-hydroxylation sites is 2. The summed E-state index contributed by atoms with van der Waals surface area (Å²) in [6.45, 7) is 1.46. The van der Waals surface area contributed by atoms with Crippen LogP contribution in [-0.4, -0.2) is 46.9 Å². The molecule has 1 unspecified atom stereocenters. The van der Waals surface area contributed by atoms with Crippen LogP contribution in [-0.2, 0) is 14.8 Å². The van der Waals surface area contributed by atoms with Crippen molar-refractivity contribution < 1.29 is 27.4 Å². The highest BCUT2D eigenvalue weighted by Crippen LogP contribution is 2.35. The van der Waals surface area contributed by atoms with Crippen molar-refractivity contribution >= 4 is 27.3 Å². The lowest BCUT2D eigenvalue weighted by atomic mass is 10.2. The van der Waals surface area contributed by atoms with Crippen molar-refractivity contribution in [3.8, 4) is 17.2 Å². The molecule has 2 aromatic rings. The van der Waals surface area contributed by atoms with Gasteiger partial charge in [-0.15, -0.1) is 0 Å². The number of hydrogen-bond acceptors (Lipinski definition) is 6. The van der Waals surface area contributed by atoms with Crippen molar-refractivity contribution in [1.82, 2.24) is 0 Å². The van der Waals surface area contributed by atoms with Gasteiger partial charge in [-0.05, 0) is 31.2 Å². The van der Waals surface area contributed by atoms with Crippen molar-refractivity contribution in [1.29, 1.82) is 0 Å². The quantitative estimate of drug-likeness (QED) is 0.791. The second-order valence-corrected chi connectivity index (χ2v) is 8.25. The second kappa shape index (κ2) is 7.97. The van der Waals surface area contributed by atoms with Gasteiger partial charge in [0.15, 0.2) is 17.6 Å². The van der Waals surface area contributed by atoms with Crippen LogP contribution in [0.15, 0.2) is 42.5 Å². The van der Waals surface area contributed by atoms with Gasteiger partial charge in [0.2, 0.25) is 10.0 Å². The Morgan fingerprint density at radius 2 is 1.89 bits per heavy atom. The number of hydrogen-bond donors (Lipinski definition) is 1. The van der Waals surface area contributed by atoms with E-state index in [1.54, 1.807) is 49.4 Å². The van der Waals surface area contributed by atoms with E-state index in [1.165, 1.54) is 18.5 Å². The first-order valence-corrected chi connectivity index (χ1v) is 10.3. The minimum absolute atomic E-state index is 0.0780. The minimum atomic E-state index is -3.56. The normalized spacial score (nSPS) is 16.0. The predicted molar refractivity (Wildman–Crippen MR) is 106 cm³/mol. The third-order valence-corrected chi connectivity index (χ3v) is 6.13. The Balaban J connectivity index is 1.85. The fourth-order valence-corrected chi connectivity index (χ4v) is 4.02. The molecule has 0 fully saturated rings. The van der Waals surface area contributed by atoms with E-state index >= 15 is 0 Å². The molecule has 1 aliphatic heterocycles. The van der Waals surface area contributed by atoms with Crippen LogP contribution in [0.4, 0.5) is 11.4 Å². The topological polar surface area (TPSA) is 94.2 Å². The van der Waals surface area contributed by atoms with E-state index < -0.39 is 22.0 Å². The van der Waals surface area contributed by atoms with Gasteiger partial charge in [-0.1, -0.05) is 12.1 Å². The molecule has 0 bridgehead atoms. The van der Waals surface area contributed by atoms with Crippen molar-refractivity contribution in [3.63, 3.8) is 0 Å². The van der Waals surface area contributed by atoms with E-state index in [1.807, 2.05) is 0 Å². The molecular weight excluding hydrogens is 384 g/mol. The zero-order valence-corrected chi connectivity index (χ0v) is 16.7. The Morgan fingerprint density at radius 1 is 1.18 bits per heavy atom. The smallest absolute Gasteiger partial charge is 0.267 e. The minimum Gasteiger partial charge on any atom is -0.493 e. The molecule has 2 aromatic carbocycles. The highest BCUT2D eigenvalue weighted by Gasteiger charge is 2.36. The zero-order chi connectivity index (χ0) is 20.3. The number of nitrogens with one attached hydrogen (secondary N) is 1. The van der Waals surface area contributed by atoms with Crippen molar-refractivity contribution in [3.05, 3.63) is 42.5 Å². The number of ether oxygens (including phenoxy) is 3. The fraction of sp³-hybridized carbons (Fsp3) is 0.316. The predicted octanol–water partition coefficient (Wildman–Crippen LogP) is 2.26. The summed E-state index contributed by atoms with van der Waals surface area (Å²) in [6, 6.07) is 11.7. The summed E-state index contributed by atoms with van der Waals surface area (Å²) in [5.74, 6) is 0.802. The Labute approximate surface area is 164 Å². The van der Waals surface area contributed by atoms with Crippen LogP contribution in [0.5, 0.6) is 17.2 Å². The van der Waals surface area contributed by atoms with E-state index in [-0.39, 0.29) is 12.3 Å². The fourth-order valence-electron chi connectivity index (χ4n) is 2.89. The number of benzene rings is 2. The largest absolute Gasteiger partial charge is 0.493 e. The molecule has 1 N–H and O–H groups in total. The molecule has 28 heavy (non-hydrogen) atoms. The third-order valence-electron chi connectivity index (χ3n) is 4.38. The van der Waals surface area contributed by atoms with Crippen LogP contribution in [0.1, 0.15) is 6.92 Å². The number of fused-ring (bicyclic) bond motifs is 1. The zero-order valence-electron chi connectivity index (χ0n) is 15.8. The molecule has 1 heterocycles. The molecule has 8 nitrogen and oxygen atoms in total. The molecule has 0 radical (unpaired) electrons. The van der Waals surface area contributed by atoms with Gasteiger partial charge < -0.3 is 19.5 Å². The van der Waals surface area contributed by atoms with Gasteiger partial charge in [-0.3, -0.25) is 9.10 Å². The maximum absolute atomic E-state index is 12.8. The Kier molecular flexibility index (Phi) is 5.64. The summed E-state index contributed by atoms with van der Waals surface area (Å²) in [7, 11) is -0.539. The number of nitrogens with zero attached hydrogens (tertiary/aromatic N) is 1. The highest BCUT2D eigenvalue weighted by molar-refractivity contribution is 7.92. The molecule has 1 atom stereocenters. The molecule has 1 aliphatic rings. The monoisotopic (exact) mass is 406 g/mol. The molecule has 0 saturated heterocycles. The number of anilines is 2. The maximum Gasteiger partial charge on any atom is 0.267 e. The average Bonchev–Trinajstić information content (AvgIpc) is 2.72. The SMILES string of the molecule is CCS(=O)(=O)N1CC(C(=O)Nc2ccc(OC)c(OC)c2)Oc2ccccc21. The summed E-state index contributed by atoms with van der Waals surface area (Å²) in [5.41, 5.74) is 0.912.